The number of nitrogens with zero attached hydrogens (tertiary/aromatic N) is 2. The Morgan fingerprint density at radius 2 is 1.88 bits per heavy atom. The van der Waals surface area contributed by atoms with Gasteiger partial charge in [0.25, 0.3) is 5.91 Å². The van der Waals surface area contributed by atoms with Crippen LogP contribution in [0, 0.1) is 5.82 Å². The molecule has 0 aliphatic carbocycles. The number of fused-ring (bicyclic) bond motifs is 3. The molecule has 0 unspecified atom stereocenters. The SMILES string of the molecule is COc1ccc2c(c1OC)C(=O)N1N=C(c3ccc(F)cc3)C[C@H]21. The van der Waals surface area contributed by atoms with Crippen LogP contribution in [0.1, 0.15) is 33.9 Å². The summed E-state index contributed by atoms with van der Waals surface area (Å²) in [6.45, 7) is 0. The molecule has 6 heteroatoms. The number of benzene rings is 2. The zero-order valence-electron chi connectivity index (χ0n) is 13.2. The number of methoxy groups -OCH3 is 2. The Hall–Kier alpha value is -2.89. The highest BCUT2D eigenvalue weighted by Gasteiger charge is 2.44. The lowest BCUT2D eigenvalue weighted by atomic mass is 9.97. The lowest BCUT2D eigenvalue weighted by molar-refractivity contribution is 0.0753. The van der Waals surface area contributed by atoms with Gasteiger partial charge in [0.2, 0.25) is 0 Å². The summed E-state index contributed by atoms with van der Waals surface area (Å²) in [5.41, 5.74) is 2.97. The van der Waals surface area contributed by atoms with E-state index >= 15 is 0 Å². The molecule has 1 amide bonds. The minimum Gasteiger partial charge on any atom is -0.493 e. The van der Waals surface area contributed by atoms with Crippen molar-refractivity contribution in [1.82, 2.24) is 5.01 Å². The van der Waals surface area contributed by atoms with Crippen molar-refractivity contribution >= 4 is 11.6 Å². The van der Waals surface area contributed by atoms with E-state index in [2.05, 4.69) is 5.10 Å². The van der Waals surface area contributed by atoms with E-state index in [1.165, 1.54) is 31.4 Å². The number of carbonyl (C=O) groups excluding carboxylic acids is 1. The maximum atomic E-state index is 13.1. The summed E-state index contributed by atoms with van der Waals surface area (Å²) in [7, 11) is 3.05. The first-order valence-electron chi connectivity index (χ1n) is 7.56. The van der Waals surface area contributed by atoms with Crippen LogP contribution in [-0.2, 0) is 0 Å². The fourth-order valence-corrected chi connectivity index (χ4v) is 3.31. The molecular weight excluding hydrogens is 311 g/mol. The quantitative estimate of drug-likeness (QED) is 0.871. The van der Waals surface area contributed by atoms with E-state index in [1.54, 1.807) is 18.2 Å². The molecule has 0 bridgehead atoms. The molecule has 5 nitrogen and oxygen atoms in total. The van der Waals surface area contributed by atoms with E-state index in [4.69, 9.17) is 9.47 Å². The van der Waals surface area contributed by atoms with Gasteiger partial charge in [-0.2, -0.15) is 5.10 Å². The number of ether oxygens (including phenoxy) is 2. The monoisotopic (exact) mass is 326 g/mol. The maximum absolute atomic E-state index is 13.1. The van der Waals surface area contributed by atoms with Crippen LogP contribution in [-0.4, -0.2) is 30.8 Å². The molecule has 1 atom stereocenters. The van der Waals surface area contributed by atoms with Crippen molar-refractivity contribution in [3.8, 4) is 11.5 Å². The zero-order valence-corrected chi connectivity index (χ0v) is 13.2. The second-order valence-corrected chi connectivity index (χ2v) is 5.69. The topological polar surface area (TPSA) is 51.1 Å². The van der Waals surface area contributed by atoms with Crippen molar-refractivity contribution < 1.29 is 18.7 Å². The van der Waals surface area contributed by atoms with Gasteiger partial charge in [0.05, 0.1) is 31.5 Å². The van der Waals surface area contributed by atoms with Gasteiger partial charge in [0.1, 0.15) is 5.82 Å². The standard InChI is InChI=1S/C18H15FN2O3/c1-23-15-8-7-12-14-9-13(10-3-5-11(19)6-4-10)20-21(14)18(22)16(12)17(15)24-2/h3-8,14H,9H2,1-2H3/t14-/m1/s1. The predicted molar refractivity (Wildman–Crippen MR) is 86.0 cm³/mol. The number of hydrogen-bond acceptors (Lipinski definition) is 4. The smallest absolute Gasteiger partial charge is 0.278 e. The minimum absolute atomic E-state index is 0.160. The van der Waals surface area contributed by atoms with Gasteiger partial charge in [-0.15, -0.1) is 0 Å². The number of amides is 1. The minimum atomic E-state index is -0.295. The van der Waals surface area contributed by atoms with Gasteiger partial charge in [-0.1, -0.05) is 18.2 Å². The van der Waals surface area contributed by atoms with Crippen molar-refractivity contribution in [3.63, 3.8) is 0 Å². The molecule has 2 aromatic carbocycles. The lowest BCUT2D eigenvalue weighted by Gasteiger charge is -2.12. The van der Waals surface area contributed by atoms with Gasteiger partial charge in [0.15, 0.2) is 11.5 Å². The molecule has 2 aliphatic rings. The van der Waals surface area contributed by atoms with Crippen molar-refractivity contribution in [2.75, 3.05) is 14.2 Å². The Kier molecular flexibility index (Phi) is 3.26. The molecular formula is C18H15FN2O3. The van der Waals surface area contributed by atoms with Gasteiger partial charge in [-0.3, -0.25) is 4.79 Å². The molecule has 2 aromatic rings. The highest BCUT2D eigenvalue weighted by molar-refractivity contribution is 6.09. The van der Waals surface area contributed by atoms with Crippen LogP contribution in [0.25, 0.3) is 0 Å². The van der Waals surface area contributed by atoms with E-state index in [9.17, 15) is 9.18 Å². The summed E-state index contributed by atoms with van der Waals surface area (Å²) < 4.78 is 23.7. The number of carbonyl (C=O) groups is 1. The highest BCUT2D eigenvalue weighted by atomic mass is 19.1. The van der Waals surface area contributed by atoms with Crippen molar-refractivity contribution in [2.24, 2.45) is 5.10 Å². The average molecular weight is 326 g/mol. The zero-order chi connectivity index (χ0) is 16.8. The second-order valence-electron chi connectivity index (χ2n) is 5.69. The van der Waals surface area contributed by atoms with E-state index in [1.807, 2.05) is 6.07 Å². The summed E-state index contributed by atoms with van der Waals surface area (Å²) in [6, 6.07) is 9.65. The summed E-state index contributed by atoms with van der Waals surface area (Å²) >= 11 is 0. The van der Waals surface area contributed by atoms with Crippen LogP contribution in [0.5, 0.6) is 11.5 Å². The molecule has 122 valence electrons. The van der Waals surface area contributed by atoms with E-state index in [-0.39, 0.29) is 17.8 Å². The van der Waals surface area contributed by atoms with Gasteiger partial charge in [-0.05, 0) is 29.3 Å². The highest BCUT2D eigenvalue weighted by Crippen LogP contribution is 2.47. The fourth-order valence-electron chi connectivity index (χ4n) is 3.31. The molecule has 0 spiro atoms. The Morgan fingerprint density at radius 3 is 2.54 bits per heavy atom. The van der Waals surface area contributed by atoms with E-state index in [0.29, 0.717) is 23.5 Å². The molecule has 0 fully saturated rings. The van der Waals surface area contributed by atoms with Crippen LogP contribution in [0.15, 0.2) is 41.5 Å². The molecule has 0 N–H and O–H groups in total. The predicted octanol–water partition coefficient (Wildman–Crippen LogP) is 3.15. The summed E-state index contributed by atoms with van der Waals surface area (Å²) in [4.78, 5) is 12.8. The van der Waals surface area contributed by atoms with Gasteiger partial charge < -0.3 is 9.47 Å². The third-order valence-corrected chi connectivity index (χ3v) is 4.45. The average Bonchev–Trinajstić information content (AvgIpc) is 3.14. The second kappa shape index (κ2) is 5.33. The molecule has 0 saturated heterocycles. The first-order valence-corrected chi connectivity index (χ1v) is 7.56. The molecule has 0 aromatic heterocycles. The Labute approximate surface area is 138 Å². The molecule has 4 rings (SSSR count). The van der Waals surface area contributed by atoms with Gasteiger partial charge in [0, 0.05) is 6.42 Å². The molecule has 2 aliphatic heterocycles. The van der Waals surface area contributed by atoms with Crippen molar-refractivity contribution in [1.29, 1.82) is 0 Å². The number of rotatable bonds is 3. The summed E-state index contributed by atoms with van der Waals surface area (Å²) in [5, 5.41) is 5.94. The Bertz CT molecular complexity index is 861. The van der Waals surface area contributed by atoms with Crippen LogP contribution in [0.3, 0.4) is 0 Å². The molecule has 2 heterocycles. The van der Waals surface area contributed by atoms with Gasteiger partial charge in [-0.25, -0.2) is 9.40 Å². The number of hydrogen-bond donors (Lipinski definition) is 0. The molecule has 0 saturated carbocycles. The van der Waals surface area contributed by atoms with Crippen LogP contribution >= 0.6 is 0 Å². The third kappa shape index (κ3) is 1.99. The maximum Gasteiger partial charge on any atom is 0.278 e. The summed E-state index contributed by atoms with van der Waals surface area (Å²) in [6.07, 6.45) is 0.583. The molecule has 0 radical (unpaired) electrons. The Morgan fingerprint density at radius 1 is 1.12 bits per heavy atom. The largest absolute Gasteiger partial charge is 0.493 e. The normalized spacial score (nSPS) is 18.3. The first-order chi connectivity index (χ1) is 11.6. The number of halogens is 1. The van der Waals surface area contributed by atoms with Crippen LogP contribution in [0.2, 0.25) is 0 Å². The van der Waals surface area contributed by atoms with E-state index < -0.39 is 0 Å². The van der Waals surface area contributed by atoms with E-state index in [0.717, 1.165) is 16.8 Å². The van der Waals surface area contributed by atoms with Crippen LogP contribution < -0.4 is 9.47 Å². The van der Waals surface area contributed by atoms with Crippen molar-refractivity contribution in [3.05, 3.63) is 58.9 Å². The van der Waals surface area contributed by atoms with Crippen molar-refractivity contribution in [2.45, 2.75) is 12.5 Å². The fraction of sp³-hybridized carbons (Fsp3) is 0.222. The molecule has 24 heavy (non-hydrogen) atoms. The number of hydrazone groups is 1. The first kappa shape index (κ1) is 14.7. The van der Waals surface area contributed by atoms with Crippen LogP contribution in [0.4, 0.5) is 4.39 Å². The lowest BCUT2D eigenvalue weighted by Crippen LogP contribution is -2.18. The third-order valence-electron chi connectivity index (χ3n) is 4.45. The summed E-state index contributed by atoms with van der Waals surface area (Å²) in [5.74, 6) is 0.459. The van der Waals surface area contributed by atoms with Gasteiger partial charge >= 0.3 is 0 Å². The Balaban J connectivity index is 1.74.